The summed E-state index contributed by atoms with van der Waals surface area (Å²) in [5.74, 6) is 1.33. The first-order chi connectivity index (χ1) is 13.7. The van der Waals surface area contributed by atoms with Crippen LogP contribution in [-0.4, -0.2) is 72.7 Å². The average molecular weight is 382 g/mol. The van der Waals surface area contributed by atoms with Crippen LogP contribution in [0.2, 0.25) is 0 Å². The smallest absolute Gasteiger partial charge is 0.161 e. The number of aromatic nitrogens is 2. The monoisotopic (exact) mass is 382 g/mol. The van der Waals surface area contributed by atoms with Gasteiger partial charge in [0, 0.05) is 43.8 Å². The number of hydrogen-bond acceptors (Lipinski definition) is 6. The zero-order chi connectivity index (χ0) is 19.3. The van der Waals surface area contributed by atoms with Gasteiger partial charge in [-0.2, -0.15) is 5.10 Å². The molecule has 28 heavy (non-hydrogen) atoms. The molecule has 1 unspecified atom stereocenters. The molecule has 0 bridgehead atoms. The Labute approximate surface area is 164 Å². The number of aliphatic hydroxyl groups excluding tert-OH is 1. The second-order valence-electron chi connectivity index (χ2n) is 7.04. The lowest BCUT2D eigenvalue weighted by Gasteiger charge is -2.36. The summed E-state index contributed by atoms with van der Waals surface area (Å²) in [6.07, 6.45) is 1.31. The molecule has 4 rings (SSSR count). The van der Waals surface area contributed by atoms with Crippen LogP contribution in [0.15, 0.2) is 48.7 Å². The van der Waals surface area contributed by atoms with Gasteiger partial charge in [-0.15, -0.1) is 0 Å². The molecule has 2 aromatic carbocycles. The SMILES string of the molecule is COc1ccccc1OCC(O)CN1CCN(c2ccc3[nH]ncc3c2)CC1. The summed E-state index contributed by atoms with van der Waals surface area (Å²) in [4.78, 5) is 4.66. The van der Waals surface area contributed by atoms with E-state index in [9.17, 15) is 5.11 Å². The van der Waals surface area contributed by atoms with Crippen molar-refractivity contribution in [2.24, 2.45) is 0 Å². The summed E-state index contributed by atoms with van der Waals surface area (Å²) in [7, 11) is 1.61. The topological polar surface area (TPSA) is 73.8 Å². The van der Waals surface area contributed by atoms with Gasteiger partial charge in [0.05, 0.1) is 18.8 Å². The molecule has 0 radical (unpaired) electrons. The van der Waals surface area contributed by atoms with Crippen molar-refractivity contribution in [2.45, 2.75) is 6.10 Å². The lowest BCUT2D eigenvalue weighted by Crippen LogP contribution is -2.49. The third kappa shape index (κ3) is 4.21. The van der Waals surface area contributed by atoms with Crippen LogP contribution < -0.4 is 14.4 Å². The Morgan fingerprint density at radius 3 is 2.68 bits per heavy atom. The van der Waals surface area contributed by atoms with Crippen molar-refractivity contribution in [3.05, 3.63) is 48.7 Å². The van der Waals surface area contributed by atoms with Crippen molar-refractivity contribution < 1.29 is 14.6 Å². The van der Waals surface area contributed by atoms with Crippen molar-refractivity contribution >= 4 is 16.6 Å². The van der Waals surface area contributed by atoms with Crippen molar-refractivity contribution in [1.82, 2.24) is 15.1 Å². The van der Waals surface area contributed by atoms with Gasteiger partial charge in [-0.05, 0) is 30.3 Å². The van der Waals surface area contributed by atoms with Crippen LogP contribution in [0.1, 0.15) is 0 Å². The second kappa shape index (κ2) is 8.50. The van der Waals surface area contributed by atoms with Gasteiger partial charge in [0.2, 0.25) is 0 Å². The maximum absolute atomic E-state index is 10.4. The fraction of sp³-hybridized carbons (Fsp3) is 0.381. The molecule has 1 atom stereocenters. The predicted molar refractivity (Wildman–Crippen MR) is 109 cm³/mol. The minimum Gasteiger partial charge on any atom is -0.493 e. The molecule has 3 aromatic rings. The molecule has 0 amide bonds. The van der Waals surface area contributed by atoms with E-state index < -0.39 is 6.10 Å². The number of rotatable bonds is 7. The Morgan fingerprint density at radius 2 is 1.89 bits per heavy atom. The number of fused-ring (bicyclic) bond motifs is 1. The third-order valence-corrected chi connectivity index (χ3v) is 5.13. The van der Waals surface area contributed by atoms with E-state index >= 15 is 0 Å². The van der Waals surface area contributed by atoms with Crippen LogP contribution in [0.3, 0.4) is 0 Å². The number of hydrogen-bond donors (Lipinski definition) is 2. The lowest BCUT2D eigenvalue weighted by molar-refractivity contribution is 0.0653. The minimum absolute atomic E-state index is 0.248. The van der Waals surface area contributed by atoms with E-state index in [0.717, 1.165) is 37.1 Å². The number of methoxy groups -OCH3 is 1. The summed E-state index contributed by atoms with van der Waals surface area (Å²) < 4.78 is 11.0. The lowest BCUT2D eigenvalue weighted by atomic mass is 10.2. The van der Waals surface area contributed by atoms with E-state index in [1.165, 1.54) is 5.69 Å². The van der Waals surface area contributed by atoms with Gasteiger partial charge in [-0.25, -0.2) is 0 Å². The zero-order valence-corrected chi connectivity index (χ0v) is 16.0. The Balaban J connectivity index is 1.25. The predicted octanol–water partition coefficient (Wildman–Crippen LogP) is 2.13. The van der Waals surface area contributed by atoms with Crippen molar-refractivity contribution in [3.63, 3.8) is 0 Å². The van der Waals surface area contributed by atoms with E-state index in [4.69, 9.17) is 9.47 Å². The molecule has 2 N–H and O–H groups in total. The van der Waals surface area contributed by atoms with Crippen molar-refractivity contribution in [2.75, 3.05) is 51.3 Å². The number of H-pyrrole nitrogens is 1. The van der Waals surface area contributed by atoms with Crippen molar-refractivity contribution in [3.8, 4) is 11.5 Å². The summed E-state index contributed by atoms with van der Waals surface area (Å²) in [5.41, 5.74) is 2.27. The number of benzene rings is 2. The highest BCUT2D eigenvalue weighted by Crippen LogP contribution is 2.26. The van der Waals surface area contributed by atoms with Crippen LogP contribution in [0.4, 0.5) is 5.69 Å². The van der Waals surface area contributed by atoms with E-state index in [1.807, 2.05) is 30.5 Å². The Kier molecular flexibility index (Phi) is 5.64. The molecule has 148 valence electrons. The van der Waals surface area contributed by atoms with Crippen molar-refractivity contribution in [1.29, 1.82) is 0 Å². The molecule has 7 heteroatoms. The number of para-hydroxylation sites is 2. The van der Waals surface area contributed by atoms with Crippen LogP contribution in [0, 0.1) is 0 Å². The van der Waals surface area contributed by atoms with Gasteiger partial charge in [0.1, 0.15) is 12.7 Å². The highest BCUT2D eigenvalue weighted by atomic mass is 16.5. The first-order valence-electron chi connectivity index (χ1n) is 9.57. The minimum atomic E-state index is -0.543. The largest absolute Gasteiger partial charge is 0.493 e. The van der Waals surface area contributed by atoms with E-state index in [-0.39, 0.29) is 6.61 Å². The second-order valence-corrected chi connectivity index (χ2v) is 7.04. The fourth-order valence-electron chi connectivity index (χ4n) is 3.59. The van der Waals surface area contributed by atoms with E-state index in [0.29, 0.717) is 18.0 Å². The third-order valence-electron chi connectivity index (χ3n) is 5.13. The Hall–Kier alpha value is -2.77. The molecule has 1 aromatic heterocycles. The number of anilines is 1. The summed E-state index contributed by atoms with van der Waals surface area (Å²) in [6, 6.07) is 13.9. The molecule has 1 aliphatic rings. The van der Waals surface area contributed by atoms with Gasteiger partial charge in [-0.1, -0.05) is 12.1 Å². The Morgan fingerprint density at radius 1 is 1.11 bits per heavy atom. The van der Waals surface area contributed by atoms with E-state index in [2.05, 4.69) is 38.2 Å². The van der Waals surface area contributed by atoms with Gasteiger partial charge in [0.25, 0.3) is 0 Å². The first-order valence-corrected chi connectivity index (χ1v) is 9.57. The number of nitrogens with one attached hydrogen (secondary N) is 1. The maximum Gasteiger partial charge on any atom is 0.161 e. The number of ether oxygens (including phenoxy) is 2. The molecule has 0 spiro atoms. The standard InChI is InChI=1S/C21H26N4O3/c1-27-20-4-2-3-5-21(20)28-15-18(26)14-24-8-10-25(11-9-24)17-6-7-19-16(12-17)13-22-23-19/h2-7,12-13,18,26H,8-11,14-15H2,1H3,(H,22,23). The summed E-state index contributed by atoms with van der Waals surface area (Å²) in [6.45, 7) is 4.54. The van der Waals surface area contributed by atoms with Crippen LogP contribution in [-0.2, 0) is 0 Å². The molecule has 1 saturated heterocycles. The number of nitrogens with zero attached hydrogens (tertiary/aromatic N) is 3. The molecular weight excluding hydrogens is 356 g/mol. The highest BCUT2D eigenvalue weighted by Gasteiger charge is 2.20. The molecule has 0 aliphatic carbocycles. The highest BCUT2D eigenvalue weighted by molar-refractivity contribution is 5.82. The molecule has 7 nitrogen and oxygen atoms in total. The molecular formula is C21H26N4O3. The normalized spacial score (nSPS) is 16.3. The number of aliphatic hydroxyl groups is 1. The first kappa shape index (κ1) is 18.6. The van der Waals surface area contributed by atoms with E-state index in [1.54, 1.807) is 7.11 Å². The molecule has 0 saturated carbocycles. The summed E-state index contributed by atoms with van der Waals surface area (Å²) in [5, 5.41) is 18.6. The van der Waals surface area contributed by atoms with Gasteiger partial charge < -0.3 is 19.5 Å². The molecule has 2 heterocycles. The van der Waals surface area contributed by atoms with Gasteiger partial charge in [-0.3, -0.25) is 10.00 Å². The number of aromatic amines is 1. The maximum atomic E-state index is 10.4. The molecule has 1 fully saturated rings. The van der Waals surface area contributed by atoms with Crippen LogP contribution in [0.25, 0.3) is 10.9 Å². The fourth-order valence-corrected chi connectivity index (χ4v) is 3.59. The molecule has 1 aliphatic heterocycles. The van der Waals surface area contributed by atoms with Crippen LogP contribution in [0.5, 0.6) is 11.5 Å². The Bertz CT molecular complexity index is 905. The quantitative estimate of drug-likeness (QED) is 0.652. The average Bonchev–Trinajstić information content (AvgIpc) is 3.21. The van der Waals surface area contributed by atoms with Crippen LogP contribution >= 0.6 is 0 Å². The zero-order valence-electron chi connectivity index (χ0n) is 16.0. The number of β-amino-alcohol motifs (C(OH)–C–C–N with tert-alkyl or cyclic N) is 1. The summed E-state index contributed by atoms with van der Waals surface area (Å²) >= 11 is 0. The number of piperazine rings is 1. The van der Waals surface area contributed by atoms with Gasteiger partial charge >= 0.3 is 0 Å². The van der Waals surface area contributed by atoms with Gasteiger partial charge in [0.15, 0.2) is 11.5 Å².